The fourth-order valence-electron chi connectivity index (χ4n) is 6.80. The van der Waals surface area contributed by atoms with Gasteiger partial charge in [0.15, 0.2) is 11.5 Å². The van der Waals surface area contributed by atoms with Crippen LogP contribution in [-0.2, 0) is 19.1 Å². The summed E-state index contributed by atoms with van der Waals surface area (Å²) in [6.45, 7) is 15.2. The molecular formula is C43H55N3O10. The molecule has 0 fully saturated rings. The van der Waals surface area contributed by atoms with Crippen molar-refractivity contribution >= 4 is 50.8 Å². The van der Waals surface area contributed by atoms with Crippen molar-refractivity contribution in [1.82, 2.24) is 9.38 Å². The van der Waals surface area contributed by atoms with Crippen molar-refractivity contribution in [3.05, 3.63) is 71.0 Å². The molecule has 2 aromatic carbocycles. The number of methoxy groups -OCH3 is 2. The number of ether oxygens (including phenoxy) is 3. The van der Waals surface area contributed by atoms with Gasteiger partial charge in [0.05, 0.1) is 36.4 Å². The van der Waals surface area contributed by atoms with Gasteiger partial charge >= 0.3 is 5.97 Å². The van der Waals surface area contributed by atoms with Gasteiger partial charge in [0, 0.05) is 60.9 Å². The molecular weight excluding hydrogens is 718 g/mol. The Kier molecular flexibility index (Phi) is 14.1. The number of phenols is 2. The minimum Gasteiger partial charge on any atom is -0.507 e. The molecule has 2 aromatic heterocycles. The molecule has 4 aromatic rings. The van der Waals surface area contributed by atoms with Crippen LogP contribution in [0.5, 0.6) is 17.2 Å². The summed E-state index contributed by atoms with van der Waals surface area (Å²) in [5, 5.41) is 47.0. The summed E-state index contributed by atoms with van der Waals surface area (Å²) in [6.07, 6.45) is 7.52. The summed E-state index contributed by atoms with van der Waals surface area (Å²) in [4.78, 5) is 44.4. The number of hydrogen-bond donors (Lipinski definition) is 5. The summed E-state index contributed by atoms with van der Waals surface area (Å²) in [7, 11) is 2.91. The number of anilines is 1. The second kappa shape index (κ2) is 18.1. The van der Waals surface area contributed by atoms with Crippen molar-refractivity contribution in [2.75, 3.05) is 19.5 Å². The molecule has 0 saturated carbocycles. The molecule has 0 bridgehead atoms. The molecule has 0 saturated heterocycles. The van der Waals surface area contributed by atoms with Crippen LogP contribution < -0.4 is 10.1 Å². The third-order valence-corrected chi connectivity index (χ3v) is 10.6. The lowest BCUT2D eigenvalue weighted by Gasteiger charge is -2.25. The Morgan fingerprint density at radius 2 is 1.64 bits per heavy atom. The Labute approximate surface area is 327 Å². The molecule has 4 rings (SSSR count). The molecule has 1 amide bonds. The maximum atomic E-state index is 14.3. The Morgan fingerprint density at radius 1 is 0.964 bits per heavy atom. The first-order valence-electron chi connectivity index (χ1n) is 18.6. The van der Waals surface area contributed by atoms with Gasteiger partial charge in [-0.15, -0.1) is 0 Å². The van der Waals surface area contributed by atoms with Crippen LogP contribution in [0.1, 0.15) is 76.4 Å². The number of nitrogens with one attached hydrogen (secondary N) is 1. The number of aromatic hydroxyl groups is 2. The van der Waals surface area contributed by atoms with Gasteiger partial charge in [0.2, 0.25) is 0 Å². The number of aliphatic hydroxyl groups is 2. The monoisotopic (exact) mass is 773 g/mol. The molecule has 7 atom stereocenters. The molecule has 0 radical (unpaired) electrons. The standard InChI is InChI=1S/C43H55N3O10/c1-21-18-19-46-32(20-21)44-36-34-33(30(49)16-13-17-31(54-10)25(5)28(8)56-29(9)48)42(55-11)26(6)40(51)35(34)41(52)37(38(36)46)45-43(53)23(3)15-12-14-22(2)39(50)24(4)27(7)47/h12-15,17-20,22,24-25,27-28,31,39,47,50-52H,16H2,1-11H3,(H,45,53)/b14-12+,17-13+,23-15-/t22-,24-,25-,27-,28-,31-,39-/m0/s1. The third-order valence-electron chi connectivity index (χ3n) is 10.6. The van der Waals surface area contributed by atoms with E-state index in [9.17, 15) is 34.8 Å². The Balaban J connectivity index is 1.87. The minimum absolute atomic E-state index is 0.0304. The van der Waals surface area contributed by atoms with Gasteiger partial charge in [-0.1, -0.05) is 51.2 Å². The predicted octanol–water partition coefficient (Wildman–Crippen LogP) is 6.86. The number of aryl methyl sites for hydroxylation is 1. The van der Waals surface area contributed by atoms with Crippen molar-refractivity contribution in [1.29, 1.82) is 0 Å². The lowest BCUT2D eigenvalue weighted by Crippen LogP contribution is -2.31. The number of phenolic OH excluding ortho intramolecular Hbond substituents is 2. The summed E-state index contributed by atoms with van der Waals surface area (Å²) < 4.78 is 18.4. The van der Waals surface area contributed by atoms with E-state index in [1.54, 1.807) is 75.6 Å². The van der Waals surface area contributed by atoms with Crippen molar-refractivity contribution in [3.63, 3.8) is 0 Å². The van der Waals surface area contributed by atoms with Crippen LogP contribution in [0.15, 0.2) is 54.3 Å². The van der Waals surface area contributed by atoms with E-state index in [4.69, 9.17) is 19.2 Å². The van der Waals surface area contributed by atoms with Gasteiger partial charge < -0.3 is 40.0 Å². The SMILES string of the molecule is COc1c(C)c(O)c2c(O)c(NC(=O)/C(C)=C\C=C\[C@H](C)[C@H](O)[C@@H](C)[C@H](C)O)c3c(nc4cc(C)ccn43)c2c1C(=O)C/C=C/[C@H](OC)[C@@H](C)[C@H](C)OC(C)=O. The number of ketones is 1. The average molecular weight is 774 g/mol. The quantitative estimate of drug-likeness (QED) is 0.0200. The maximum Gasteiger partial charge on any atom is 0.302 e. The van der Waals surface area contributed by atoms with Gasteiger partial charge in [0.1, 0.15) is 40.0 Å². The first-order chi connectivity index (χ1) is 26.4. The third kappa shape index (κ3) is 8.90. The number of allylic oxidation sites excluding steroid dienone is 3. The smallest absolute Gasteiger partial charge is 0.302 e. The second-order valence-electron chi connectivity index (χ2n) is 14.7. The van der Waals surface area contributed by atoms with Crippen molar-refractivity contribution in [2.24, 2.45) is 17.8 Å². The zero-order valence-electron chi connectivity index (χ0n) is 34.0. The van der Waals surface area contributed by atoms with E-state index >= 15 is 0 Å². The second-order valence-corrected chi connectivity index (χ2v) is 14.7. The van der Waals surface area contributed by atoms with Crippen molar-refractivity contribution < 1.29 is 49.0 Å². The highest BCUT2D eigenvalue weighted by molar-refractivity contribution is 6.26. The van der Waals surface area contributed by atoms with E-state index in [0.717, 1.165) is 5.56 Å². The van der Waals surface area contributed by atoms with E-state index in [-0.39, 0.29) is 79.9 Å². The number of fused-ring (bicyclic) bond motifs is 5. The molecule has 302 valence electrons. The number of rotatable bonds is 16. The van der Waals surface area contributed by atoms with Crippen LogP contribution in [0.2, 0.25) is 0 Å². The molecule has 2 heterocycles. The predicted molar refractivity (Wildman–Crippen MR) is 216 cm³/mol. The van der Waals surface area contributed by atoms with E-state index in [0.29, 0.717) is 5.65 Å². The number of aromatic nitrogens is 2. The van der Waals surface area contributed by atoms with Crippen LogP contribution in [0.3, 0.4) is 0 Å². The summed E-state index contributed by atoms with van der Waals surface area (Å²) in [6, 6.07) is 3.65. The largest absolute Gasteiger partial charge is 0.507 e. The normalized spacial score (nSPS) is 16.3. The van der Waals surface area contributed by atoms with Crippen LogP contribution in [0, 0.1) is 31.6 Å². The number of aliphatic hydroxyl groups excluding tert-OH is 2. The van der Waals surface area contributed by atoms with Gasteiger partial charge in [0.25, 0.3) is 5.91 Å². The summed E-state index contributed by atoms with van der Waals surface area (Å²) >= 11 is 0. The molecule has 56 heavy (non-hydrogen) atoms. The van der Waals surface area contributed by atoms with Crippen LogP contribution in [0.4, 0.5) is 5.69 Å². The van der Waals surface area contributed by atoms with Crippen LogP contribution >= 0.6 is 0 Å². The zero-order valence-corrected chi connectivity index (χ0v) is 34.0. The van der Waals surface area contributed by atoms with E-state index in [2.05, 4.69) is 5.32 Å². The molecule has 0 aliphatic heterocycles. The van der Waals surface area contributed by atoms with Crippen LogP contribution in [-0.4, -0.2) is 86.1 Å². The number of hydrogen-bond acceptors (Lipinski definition) is 11. The first-order valence-corrected chi connectivity index (χ1v) is 18.6. The summed E-state index contributed by atoms with van der Waals surface area (Å²) in [5.41, 5.74) is 2.39. The van der Waals surface area contributed by atoms with Gasteiger partial charge in [-0.05, 0) is 52.3 Å². The number of nitrogens with zero attached hydrogens (tertiary/aromatic N) is 2. The van der Waals surface area contributed by atoms with Gasteiger partial charge in [-0.2, -0.15) is 0 Å². The molecule has 0 aliphatic carbocycles. The number of carbonyl (C=O) groups excluding carboxylic acids is 3. The Bertz CT molecular complexity index is 2220. The summed E-state index contributed by atoms with van der Waals surface area (Å²) in [5.74, 6) is -3.00. The van der Waals surface area contributed by atoms with Gasteiger partial charge in [-0.25, -0.2) is 4.98 Å². The molecule has 5 N–H and O–H groups in total. The number of amides is 1. The van der Waals surface area contributed by atoms with E-state index in [1.807, 2.05) is 32.9 Å². The van der Waals surface area contributed by atoms with Crippen molar-refractivity contribution in [2.45, 2.75) is 93.2 Å². The van der Waals surface area contributed by atoms with Gasteiger partial charge in [-0.3, -0.25) is 18.8 Å². The lowest BCUT2D eigenvalue weighted by molar-refractivity contribution is -0.149. The van der Waals surface area contributed by atoms with E-state index in [1.165, 1.54) is 21.1 Å². The zero-order chi connectivity index (χ0) is 41.8. The molecule has 13 nitrogen and oxygen atoms in total. The first kappa shape index (κ1) is 43.5. The molecule has 0 unspecified atom stereocenters. The Morgan fingerprint density at radius 3 is 2.25 bits per heavy atom. The number of pyridine rings is 1. The fraction of sp³-hybridized carbons (Fsp3) is 0.442. The Hall–Kier alpha value is -5.24. The minimum atomic E-state index is -0.800. The fourth-order valence-corrected chi connectivity index (χ4v) is 6.80. The highest BCUT2D eigenvalue weighted by atomic mass is 16.5. The van der Waals surface area contributed by atoms with E-state index < -0.39 is 47.8 Å². The number of carbonyl (C=O) groups is 3. The lowest BCUT2D eigenvalue weighted by atomic mass is 9.90. The van der Waals surface area contributed by atoms with Crippen molar-refractivity contribution in [3.8, 4) is 17.2 Å². The number of benzene rings is 2. The maximum absolute atomic E-state index is 14.3. The molecule has 13 heteroatoms. The number of imidazole rings is 1. The molecule has 0 spiro atoms. The highest BCUT2D eigenvalue weighted by Crippen LogP contribution is 2.51. The number of Topliss-reactive ketones (excluding diaryl/α,β-unsaturated/α-hetero) is 1. The average Bonchev–Trinajstić information content (AvgIpc) is 3.52. The number of esters is 1. The molecule has 0 aliphatic rings. The topological polar surface area (TPSA) is 189 Å². The van der Waals surface area contributed by atoms with Crippen LogP contribution in [0.25, 0.3) is 27.5 Å². The highest BCUT2D eigenvalue weighted by Gasteiger charge is 2.31.